The second kappa shape index (κ2) is 5.51. The Labute approximate surface area is 89.7 Å². The Hall–Kier alpha value is -1.35. The van der Waals surface area contributed by atoms with Crippen LogP contribution in [0.2, 0.25) is 0 Å². The van der Waals surface area contributed by atoms with Crippen LogP contribution in [-0.4, -0.2) is 18.0 Å². The predicted molar refractivity (Wildman–Crippen MR) is 57.9 cm³/mol. The van der Waals surface area contributed by atoms with Gasteiger partial charge in [-0.3, -0.25) is 0 Å². The van der Waals surface area contributed by atoms with Gasteiger partial charge in [0.25, 0.3) is 0 Å². The van der Waals surface area contributed by atoms with E-state index in [1.807, 2.05) is 18.2 Å². The van der Waals surface area contributed by atoms with Crippen molar-refractivity contribution in [2.24, 2.45) is 0 Å². The van der Waals surface area contributed by atoms with Crippen LogP contribution in [0.4, 0.5) is 0 Å². The maximum atomic E-state index is 10.8. The Morgan fingerprint density at radius 1 is 1.53 bits per heavy atom. The van der Waals surface area contributed by atoms with Gasteiger partial charge in [-0.15, -0.1) is 0 Å². The van der Waals surface area contributed by atoms with Gasteiger partial charge in [0, 0.05) is 6.42 Å². The first-order valence-corrected chi connectivity index (χ1v) is 4.95. The highest BCUT2D eigenvalue weighted by Gasteiger charge is 2.09. The van der Waals surface area contributed by atoms with Gasteiger partial charge in [-0.1, -0.05) is 12.1 Å². The van der Waals surface area contributed by atoms with E-state index in [0.29, 0.717) is 12.8 Å². The molecule has 1 aromatic rings. The van der Waals surface area contributed by atoms with Crippen LogP contribution in [0.5, 0.6) is 5.75 Å². The minimum atomic E-state index is -0.594. The van der Waals surface area contributed by atoms with Gasteiger partial charge in [-0.25, -0.2) is 0 Å². The van der Waals surface area contributed by atoms with E-state index in [-0.39, 0.29) is 5.78 Å². The van der Waals surface area contributed by atoms with E-state index in [4.69, 9.17) is 4.74 Å². The van der Waals surface area contributed by atoms with Crippen molar-refractivity contribution in [3.05, 3.63) is 29.8 Å². The largest absolute Gasteiger partial charge is 0.497 e. The number of Topliss-reactive ketones (excluding diaryl/α,β-unsaturated/α-hetero) is 1. The van der Waals surface area contributed by atoms with E-state index in [1.165, 1.54) is 6.92 Å². The average molecular weight is 208 g/mol. The summed E-state index contributed by atoms with van der Waals surface area (Å²) in [6, 6.07) is 7.25. The summed E-state index contributed by atoms with van der Waals surface area (Å²) >= 11 is 0. The fraction of sp³-hybridized carbons (Fsp3) is 0.417. The minimum absolute atomic E-state index is 0.0944. The van der Waals surface area contributed by atoms with E-state index in [1.54, 1.807) is 13.2 Å². The van der Waals surface area contributed by atoms with E-state index in [9.17, 15) is 9.90 Å². The molecule has 82 valence electrons. The Morgan fingerprint density at radius 2 is 2.27 bits per heavy atom. The molecule has 1 rings (SSSR count). The van der Waals surface area contributed by atoms with Crippen molar-refractivity contribution < 1.29 is 14.6 Å². The summed E-state index contributed by atoms with van der Waals surface area (Å²) in [5.74, 6) is 0.811. The summed E-state index contributed by atoms with van der Waals surface area (Å²) in [6.07, 6.45) is 0.268. The Kier molecular flexibility index (Phi) is 4.31. The summed E-state index contributed by atoms with van der Waals surface area (Å²) in [6.45, 7) is 1.53. The van der Waals surface area contributed by atoms with Gasteiger partial charge >= 0.3 is 0 Å². The second-order valence-electron chi connectivity index (χ2n) is 3.53. The predicted octanol–water partition coefficient (Wildman–Crippen LogP) is 2.10. The molecule has 3 heteroatoms. The van der Waals surface area contributed by atoms with Crippen molar-refractivity contribution in [3.8, 4) is 5.75 Å². The molecule has 0 aliphatic heterocycles. The Balaban J connectivity index is 2.64. The third-order valence-electron chi connectivity index (χ3n) is 2.25. The number of carbonyl (C=O) groups excluding carboxylic acids is 1. The molecule has 1 atom stereocenters. The highest BCUT2D eigenvalue weighted by Crippen LogP contribution is 2.22. The van der Waals surface area contributed by atoms with Crippen LogP contribution < -0.4 is 4.74 Å². The van der Waals surface area contributed by atoms with E-state index in [2.05, 4.69) is 0 Å². The van der Waals surface area contributed by atoms with Crippen LogP contribution in [0.1, 0.15) is 31.4 Å². The summed E-state index contributed by atoms with van der Waals surface area (Å²) in [5, 5.41) is 9.78. The van der Waals surface area contributed by atoms with Crippen molar-refractivity contribution >= 4 is 5.78 Å². The summed E-state index contributed by atoms with van der Waals surface area (Å²) < 4.78 is 5.05. The average Bonchev–Trinajstić information content (AvgIpc) is 2.26. The van der Waals surface area contributed by atoms with Gasteiger partial charge in [0.15, 0.2) is 0 Å². The monoisotopic (exact) mass is 208 g/mol. The lowest BCUT2D eigenvalue weighted by Crippen LogP contribution is -2.01. The highest BCUT2D eigenvalue weighted by atomic mass is 16.5. The number of aliphatic hydroxyl groups excluding tert-OH is 1. The molecule has 0 radical (unpaired) electrons. The molecule has 0 saturated carbocycles. The topological polar surface area (TPSA) is 46.5 Å². The first kappa shape index (κ1) is 11.7. The molecule has 0 fully saturated rings. The number of methoxy groups -OCH3 is 1. The van der Waals surface area contributed by atoms with Crippen molar-refractivity contribution in [3.63, 3.8) is 0 Å². The maximum absolute atomic E-state index is 10.8. The van der Waals surface area contributed by atoms with Crippen molar-refractivity contribution in [2.45, 2.75) is 25.9 Å². The zero-order valence-corrected chi connectivity index (χ0v) is 9.06. The van der Waals surface area contributed by atoms with Gasteiger partial charge in [-0.05, 0) is 31.0 Å². The number of carbonyl (C=O) groups is 1. The molecule has 0 aliphatic rings. The Morgan fingerprint density at radius 3 is 2.87 bits per heavy atom. The number of rotatable bonds is 5. The SMILES string of the molecule is COc1cccc(C(O)CCC(C)=O)c1. The fourth-order valence-electron chi connectivity index (χ4n) is 1.36. The number of hydrogen-bond acceptors (Lipinski definition) is 3. The van der Waals surface area contributed by atoms with Gasteiger partial charge in [-0.2, -0.15) is 0 Å². The maximum Gasteiger partial charge on any atom is 0.129 e. The first-order valence-electron chi connectivity index (χ1n) is 4.95. The summed E-state index contributed by atoms with van der Waals surface area (Å²) in [4.78, 5) is 10.8. The van der Waals surface area contributed by atoms with E-state index in [0.717, 1.165) is 11.3 Å². The number of hydrogen-bond donors (Lipinski definition) is 1. The van der Waals surface area contributed by atoms with Gasteiger partial charge < -0.3 is 14.6 Å². The lowest BCUT2D eigenvalue weighted by Gasteiger charge is -2.10. The molecular formula is C12H16O3. The lowest BCUT2D eigenvalue weighted by atomic mass is 10.0. The normalized spacial score (nSPS) is 12.2. The zero-order valence-electron chi connectivity index (χ0n) is 9.06. The molecule has 15 heavy (non-hydrogen) atoms. The van der Waals surface area contributed by atoms with Crippen molar-refractivity contribution in [2.75, 3.05) is 7.11 Å². The van der Waals surface area contributed by atoms with Gasteiger partial charge in [0.05, 0.1) is 13.2 Å². The van der Waals surface area contributed by atoms with Gasteiger partial charge in [0.1, 0.15) is 11.5 Å². The lowest BCUT2D eigenvalue weighted by molar-refractivity contribution is -0.117. The minimum Gasteiger partial charge on any atom is -0.497 e. The molecule has 0 bridgehead atoms. The van der Waals surface area contributed by atoms with Crippen LogP contribution in [0.15, 0.2) is 24.3 Å². The van der Waals surface area contributed by atoms with Crippen molar-refractivity contribution in [1.82, 2.24) is 0 Å². The molecular weight excluding hydrogens is 192 g/mol. The molecule has 0 aliphatic carbocycles. The molecule has 1 aromatic carbocycles. The smallest absolute Gasteiger partial charge is 0.129 e. The molecule has 1 unspecified atom stereocenters. The Bertz CT molecular complexity index is 333. The van der Waals surface area contributed by atoms with Gasteiger partial charge in [0.2, 0.25) is 0 Å². The number of ether oxygens (including phenoxy) is 1. The third kappa shape index (κ3) is 3.72. The molecule has 1 N–H and O–H groups in total. The molecule has 0 saturated heterocycles. The zero-order chi connectivity index (χ0) is 11.3. The molecule has 0 spiro atoms. The first-order chi connectivity index (χ1) is 7.13. The number of aliphatic hydroxyl groups is 1. The molecule has 3 nitrogen and oxygen atoms in total. The summed E-state index contributed by atoms with van der Waals surface area (Å²) in [7, 11) is 1.58. The van der Waals surface area contributed by atoms with Crippen LogP contribution in [0, 0.1) is 0 Å². The second-order valence-corrected chi connectivity index (χ2v) is 3.53. The van der Waals surface area contributed by atoms with Crippen LogP contribution >= 0.6 is 0 Å². The van der Waals surface area contributed by atoms with Crippen LogP contribution in [-0.2, 0) is 4.79 Å². The fourth-order valence-corrected chi connectivity index (χ4v) is 1.36. The molecule has 0 heterocycles. The third-order valence-corrected chi connectivity index (χ3v) is 2.25. The highest BCUT2D eigenvalue weighted by molar-refractivity contribution is 5.75. The number of benzene rings is 1. The van der Waals surface area contributed by atoms with Crippen molar-refractivity contribution in [1.29, 1.82) is 0 Å². The van der Waals surface area contributed by atoms with Crippen LogP contribution in [0.3, 0.4) is 0 Å². The number of ketones is 1. The van der Waals surface area contributed by atoms with Crippen LogP contribution in [0.25, 0.3) is 0 Å². The van der Waals surface area contributed by atoms with E-state index >= 15 is 0 Å². The standard InChI is InChI=1S/C12H16O3/c1-9(13)6-7-12(14)10-4-3-5-11(8-10)15-2/h3-5,8,12,14H,6-7H2,1-2H3. The molecule has 0 aromatic heterocycles. The quantitative estimate of drug-likeness (QED) is 0.806. The van der Waals surface area contributed by atoms with E-state index < -0.39 is 6.10 Å². The molecule has 0 amide bonds. The summed E-state index contributed by atoms with van der Waals surface area (Å²) in [5.41, 5.74) is 0.788.